The molecule has 2 heterocycles. The molecule has 4 aromatic carbocycles. The zero-order valence-electron chi connectivity index (χ0n) is 29.2. The van der Waals surface area contributed by atoms with Crippen LogP contribution in [0.15, 0.2) is 121 Å². The summed E-state index contributed by atoms with van der Waals surface area (Å²) in [7, 11) is 1.50. The first kappa shape index (κ1) is 38.2. The van der Waals surface area contributed by atoms with Gasteiger partial charge in [-0.15, -0.1) is 0 Å². The molecule has 2 aliphatic rings. The lowest BCUT2D eigenvalue weighted by Gasteiger charge is -2.35. The summed E-state index contributed by atoms with van der Waals surface area (Å²) < 4.78 is 49.4. The third kappa shape index (κ3) is 10.3. The number of hydrogen-bond donors (Lipinski definition) is 3. The summed E-state index contributed by atoms with van der Waals surface area (Å²) in [6.45, 7) is 0.313. The summed E-state index contributed by atoms with van der Waals surface area (Å²) in [6, 6.07) is 38.2. The molecule has 2 aliphatic heterocycles. The molecule has 0 aromatic heterocycles. The Balaban J connectivity index is 1.22. The molecule has 0 amide bonds. The molecule has 11 nitrogen and oxygen atoms in total. The summed E-state index contributed by atoms with van der Waals surface area (Å²) >= 11 is 0. The number of hydrogen-bond acceptors (Lipinski definition) is 11. The fraction of sp³-hybridized carbons (Fsp3) is 0.415. The van der Waals surface area contributed by atoms with Crippen LogP contribution in [0.4, 0.5) is 0 Å². The number of ether oxygens (including phenoxy) is 8. The van der Waals surface area contributed by atoms with Crippen LogP contribution < -0.4 is 0 Å². The van der Waals surface area contributed by atoms with Gasteiger partial charge >= 0.3 is 0 Å². The van der Waals surface area contributed by atoms with Crippen molar-refractivity contribution in [1.82, 2.24) is 0 Å². The maximum absolute atomic E-state index is 12.0. The molecular weight excluding hydrogens is 668 g/mol. The Morgan fingerprint density at radius 1 is 0.481 bits per heavy atom. The van der Waals surface area contributed by atoms with Gasteiger partial charge in [-0.1, -0.05) is 121 Å². The monoisotopic (exact) mass is 716 g/mol. The van der Waals surface area contributed by atoms with Gasteiger partial charge in [-0.3, -0.25) is 0 Å². The van der Waals surface area contributed by atoms with Gasteiger partial charge in [-0.25, -0.2) is 0 Å². The maximum atomic E-state index is 12.0. The van der Waals surface area contributed by atoms with Crippen LogP contribution >= 0.6 is 0 Å². The summed E-state index contributed by atoms with van der Waals surface area (Å²) in [6.07, 6.45) is -11.2. The highest BCUT2D eigenvalue weighted by atomic mass is 16.7. The Kier molecular flexibility index (Phi) is 14.3. The third-order valence-electron chi connectivity index (χ3n) is 9.17. The number of methoxy groups -OCH3 is 1. The number of rotatable bonds is 15. The Morgan fingerprint density at radius 3 is 1.31 bits per heavy atom. The molecule has 0 radical (unpaired) electrons. The molecule has 0 spiro atoms. The topological polar surface area (TPSA) is 135 Å². The van der Waals surface area contributed by atoms with Crippen molar-refractivity contribution in [2.75, 3.05) is 20.3 Å². The van der Waals surface area contributed by atoms with Crippen LogP contribution in [0.2, 0.25) is 0 Å². The third-order valence-corrected chi connectivity index (χ3v) is 9.17. The number of aliphatic hydroxyl groups is 3. The minimum Gasteiger partial charge on any atom is -0.388 e. The highest BCUT2D eigenvalue weighted by molar-refractivity contribution is 5.16. The molecule has 2 fully saturated rings. The molecule has 52 heavy (non-hydrogen) atoms. The van der Waals surface area contributed by atoms with E-state index in [-0.39, 0.29) is 39.6 Å². The second kappa shape index (κ2) is 19.5. The van der Waals surface area contributed by atoms with E-state index in [1.807, 2.05) is 121 Å². The molecule has 11 heteroatoms. The average molecular weight is 717 g/mol. The van der Waals surface area contributed by atoms with Gasteiger partial charge in [0.1, 0.15) is 48.8 Å². The highest BCUT2D eigenvalue weighted by Crippen LogP contribution is 2.30. The van der Waals surface area contributed by atoms with E-state index < -0.39 is 61.4 Å². The smallest absolute Gasteiger partial charge is 0.186 e. The van der Waals surface area contributed by atoms with Gasteiger partial charge in [-0.2, -0.15) is 0 Å². The first-order valence-corrected chi connectivity index (χ1v) is 17.6. The number of benzene rings is 4. The van der Waals surface area contributed by atoms with E-state index in [0.717, 1.165) is 22.3 Å². The van der Waals surface area contributed by atoms with E-state index in [1.54, 1.807) is 0 Å². The molecule has 278 valence electrons. The van der Waals surface area contributed by atoms with E-state index in [4.69, 9.17) is 37.9 Å². The summed E-state index contributed by atoms with van der Waals surface area (Å²) in [5, 5.41) is 35.1. The van der Waals surface area contributed by atoms with Crippen LogP contribution in [0.1, 0.15) is 22.3 Å². The molecular formula is C41H48O11. The first-order valence-electron chi connectivity index (χ1n) is 17.6. The zero-order valence-corrected chi connectivity index (χ0v) is 29.2. The zero-order chi connectivity index (χ0) is 36.1. The van der Waals surface area contributed by atoms with Crippen LogP contribution in [-0.2, 0) is 64.3 Å². The number of aliphatic hydroxyl groups excluding tert-OH is 3. The van der Waals surface area contributed by atoms with E-state index >= 15 is 0 Å². The van der Waals surface area contributed by atoms with Gasteiger partial charge in [0.05, 0.1) is 39.6 Å². The first-order chi connectivity index (χ1) is 25.5. The van der Waals surface area contributed by atoms with Crippen molar-refractivity contribution in [3.63, 3.8) is 0 Å². The molecule has 0 aliphatic carbocycles. The van der Waals surface area contributed by atoms with Crippen molar-refractivity contribution >= 4 is 0 Å². The minimum absolute atomic E-state index is 0.133. The largest absolute Gasteiger partial charge is 0.388 e. The molecule has 4 aromatic rings. The predicted molar refractivity (Wildman–Crippen MR) is 189 cm³/mol. The Hall–Kier alpha value is -3.56. The SMILES string of the molecule is COC1OCC(OC2OCC(O)C(OCc3ccccc3)C(OCc3ccccc3)C2O)C(O)C(OCc2ccccc2)C1OCc1ccccc1. The highest BCUT2D eigenvalue weighted by Gasteiger charge is 2.49. The molecule has 6 rings (SSSR count). The van der Waals surface area contributed by atoms with Crippen molar-refractivity contribution in [2.24, 2.45) is 0 Å². The van der Waals surface area contributed by atoms with Gasteiger partial charge in [0, 0.05) is 7.11 Å². The fourth-order valence-corrected chi connectivity index (χ4v) is 6.35. The van der Waals surface area contributed by atoms with Crippen LogP contribution in [0.3, 0.4) is 0 Å². The molecule has 0 bridgehead atoms. The molecule has 10 atom stereocenters. The van der Waals surface area contributed by atoms with E-state index in [0.29, 0.717) is 0 Å². The van der Waals surface area contributed by atoms with E-state index in [1.165, 1.54) is 7.11 Å². The quantitative estimate of drug-likeness (QED) is 0.164. The van der Waals surface area contributed by atoms with Crippen LogP contribution in [0, 0.1) is 0 Å². The van der Waals surface area contributed by atoms with Crippen LogP contribution in [-0.4, -0.2) is 97.1 Å². The summed E-state index contributed by atoms with van der Waals surface area (Å²) in [5.74, 6) is 0. The van der Waals surface area contributed by atoms with Crippen molar-refractivity contribution in [3.05, 3.63) is 144 Å². The van der Waals surface area contributed by atoms with E-state index in [9.17, 15) is 15.3 Å². The Bertz CT molecular complexity index is 1570. The summed E-state index contributed by atoms with van der Waals surface area (Å²) in [4.78, 5) is 0. The lowest BCUT2D eigenvalue weighted by molar-refractivity contribution is -0.260. The van der Waals surface area contributed by atoms with Crippen LogP contribution in [0.25, 0.3) is 0 Å². The van der Waals surface area contributed by atoms with Gasteiger partial charge in [-0.05, 0) is 22.3 Å². The second-order valence-corrected chi connectivity index (χ2v) is 12.9. The lowest BCUT2D eigenvalue weighted by Crippen LogP contribution is -2.53. The molecule has 10 unspecified atom stereocenters. The maximum Gasteiger partial charge on any atom is 0.186 e. The average Bonchev–Trinajstić information content (AvgIpc) is 3.39. The van der Waals surface area contributed by atoms with Crippen molar-refractivity contribution < 1.29 is 53.2 Å². The Morgan fingerprint density at radius 2 is 0.865 bits per heavy atom. The second-order valence-electron chi connectivity index (χ2n) is 12.9. The Labute approximate surface area is 304 Å². The van der Waals surface area contributed by atoms with Crippen molar-refractivity contribution in [1.29, 1.82) is 0 Å². The summed E-state index contributed by atoms with van der Waals surface area (Å²) in [5.41, 5.74) is 3.57. The lowest BCUT2D eigenvalue weighted by atomic mass is 10.0. The predicted octanol–water partition coefficient (Wildman–Crippen LogP) is 4.15. The molecule has 3 N–H and O–H groups in total. The fourth-order valence-electron chi connectivity index (χ4n) is 6.35. The van der Waals surface area contributed by atoms with Gasteiger partial charge in [0.2, 0.25) is 0 Å². The molecule has 0 saturated carbocycles. The molecule has 2 saturated heterocycles. The minimum atomic E-state index is -1.44. The van der Waals surface area contributed by atoms with Crippen molar-refractivity contribution in [3.8, 4) is 0 Å². The van der Waals surface area contributed by atoms with E-state index in [2.05, 4.69) is 0 Å². The normalized spacial score (nSPS) is 29.6. The standard InChI is InChI=1S/C41H48O11/c1-45-41-39(49-25-31-20-12-5-13-21-31)37(47-23-29-16-8-3-9-17-29)34(43)33(27-51-41)52-40-35(44)38(48-24-30-18-10-4-11-19-30)36(32(42)26-50-40)46-22-28-14-6-2-7-15-28/h2-21,32-44H,22-27H2,1H3. The van der Waals surface area contributed by atoms with Crippen molar-refractivity contribution in [2.45, 2.75) is 87.8 Å². The van der Waals surface area contributed by atoms with Gasteiger partial charge in [0.15, 0.2) is 12.6 Å². The van der Waals surface area contributed by atoms with Gasteiger partial charge in [0.25, 0.3) is 0 Å². The van der Waals surface area contributed by atoms with Crippen LogP contribution in [0.5, 0.6) is 0 Å². The van der Waals surface area contributed by atoms with Gasteiger partial charge < -0.3 is 53.2 Å².